The molecule has 0 unspecified atom stereocenters. The molecule has 5 nitrogen and oxygen atoms in total. The van der Waals surface area contributed by atoms with Crippen LogP contribution < -0.4 is 0 Å². The molecule has 0 aliphatic carbocycles. The van der Waals surface area contributed by atoms with Crippen molar-refractivity contribution in [3.8, 4) is 0 Å². The number of fused-ring (bicyclic) bond motifs is 4. The minimum atomic E-state index is 0. The summed E-state index contributed by atoms with van der Waals surface area (Å²) in [5.41, 5.74) is 5.51. The van der Waals surface area contributed by atoms with E-state index in [2.05, 4.69) is 15.0 Å². The van der Waals surface area contributed by atoms with E-state index >= 15 is 0 Å². The molecule has 23 heavy (non-hydrogen) atoms. The van der Waals surface area contributed by atoms with Gasteiger partial charge in [0, 0.05) is 36.0 Å². The number of nitrogens with one attached hydrogen (secondary N) is 1. The van der Waals surface area contributed by atoms with Crippen LogP contribution in [-0.4, -0.2) is 15.0 Å². The summed E-state index contributed by atoms with van der Waals surface area (Å²) in [7, 11) is 0. The maximum Gasteiger partial charge on any atom is 0.155 e. The van der Waals surface area contributed by atoms with Crippen molar-refractivity contribution in [1.82, 2.24) is 15.0 Å². The molecule has 0 aliphatic heterocycles. The Morgan fingerprint density at radius 1 is 0.957 bits per heavy atom. The van der Waals surface area contributed by atoms with E-state index in [-0.39, 0.29) is 12.4 Å². The van der Waals surface area contributed by atoms with Gasteiger partial charge in [-0.3, -0.25) is 4.98 Å². The summed E-state index contributed by atoms with van der Waals surface area (Å²) in [6.07, 6.45) is 5.13. The molecule has 0 saturated heterocycles. The van der Waals surface area contributed by atoms with Crippen LogP contribution in [0.1, 0.15) is 0 Å². The summed E-state index contributed by atoms with van der Waals surface area (Å²) in [6.45, 7) is 0. The highest BCUT2D eigenvalue weighted by molar-refractivity contribution is 7.16. The van der Waals surface area contributed by atoms with Crippen LogP contribution in [-0.2, 0) is 0 Å². The Bertz CT molecular complexity index is 1020. The van der Waals surface area contributed by atoms with Gasteiger partial charge in [0.15, 0.2) is 16.7 Å². The van der Waals surface area contributed by atoms with Gasteiger partial charge < -0.3 is 13.8 Å². The van der Waals surface area contributed by atoms with Gasteiger partial charge in [0.25, 0.3) is 0 Å². The van der Waals surface area contributed by atoms with Crippen molar-refractivity contribution in [2.45, 2.75) is 0 Å². The van der Waals surface area contributed by atoms with E-state index in [0.29, 0.717) is 5.58 Å². The molecule has 1 N–H and O–H groups in total. The highest BCUT2D eigenvalue weighted by atomic mass is 35.5. The van der Waals surface area contributed by atoms with Crippen LogP contribution in [0.3, 0.4) is 0 Å². The van der Waals surface area contributed by atoms with Crippen LogP contribution in [0.5, 0.6) is 0 Å². The molecular weight excluding hydrogens is 334 g/mol. The Labute approximate surface area is 139 Å². The zero-order chi connectivity index (χ0) is 14.5. The lowest BCUT2D eigenvalue weighted by Gasteiger charge is -2.04. The Morgan fingerprint density at radius 3 is 2.74 bits per heavy atom. The molecule has 3 heterocycles. The average Bonchev–Trinajstić information content (AvgIpc) is 2.56. The summed E-state index contributed by atoms with van der Waals surface area (Å²) in [6, 6.07) is 7.70. The second-order valence-corrected chi connectivity index (χ2v) is 5.86. The molecule has 0 spiro atoms. The summed E-state index contributed by atoms with van der Waals surface area (Å²) >= 11 is 1.63. The second-order valence-electron chi connectivity index (χ2n) is 4.91. The first-order valence-electron chi connectivity index (χ1n) is 6.73. The summed E-state index contributed by atoms with van der Waals surface area (Å²) < 4.78 is 12.6. The van der Waals surface area contributed by atoms with E-state index in [4.69, 9.17) is 8.83 Å². The number of aromatic amines is 1. The quantitative estimate of drug-likeness (QED) is 0.392. The summed E-state index contributed by atoms with van der Waals surface area (Å²) in [4.78, 5) is 12.2. The van der Waals surface area contributed by atoms with Crippen molar-refractivity contribution in [3.63, 3.8) is 0 Å². The first-order chi connectivity index (χ1) is 10.9. The number of aromatic nitrogens is 3. The first-order valence-corrected chi connectivity index (χ1v) is 7.61. The summed E-state index contributed by atoms with van der Waals surface area (Å²) in [5.74, 6) is 0. The highest BCUT2D eigenvalue weighted by Gasteiger charge is 2.07. The largest absolute Gasteiger partial charge is 0.461 e. The van der Waals surface area contributed by atoms with Crippen LogP contribution in [0, 0.1) is 0 Å². The summed E-state index contributed by atoms with van der Waals surface area (Å²) in [5, 5.41) is 1.95. The van der Waals surface area contributed by atoms with E-state index in [0.717, 1.165) is 37.9 Å². The van der Waals surface area contributed by atoms with Crippen LogP contribution in [0.25, 0.3) is 43.5 Å². The van der Waals surface area contributed by atoms with Gasteiger partial charge in [0.05, 0.1) is 15.7 Å². The normalized spacial score (nSPS) is 11.1. The second kappa shape index (κ2) is 5.26. The van der Waals surface area contributed by atoms with Crippen LogP contribution >= 0.6 is 23.7 Å². The molecule has 3 aromatic heterocycles. The maximum atomic E-state index is 6.00. The molecule has 0 atom stereocenters. The van der Waals surface area contributed by atoms with Gasteiger partial charge in [-0.15, -0.1) is 23.7 Å². The molecule has 0 bridgehead atoms. The lowest BCUT2D eigenvalue weighted by Crippen LogP contribution is -1.86. The number of benzene rings is 2. The van der Waals surface area contributed by atoms with Gasteiger partial charge in [-0.25, -0.2) is 4.98 Å². The SMILES string of the molecule is Cl.c1csc2cc3nc4cc5occ[nH]c5cc4oc3cc2n1. The fourth-order valence-corrected chi connectivity index (χ4v) is 3.21. The Morgan fingerprint density at radius 2 is 1.78 bits per heavy atom. The maximum absolute atomic E-state index is 6.00. The molecular formula is C16H10ClN3O2S. The Kier molecular flexibility index (Phi) is 3.21. The van der Waals surface area contributed by atoms with Gasteiger partial charge >= 0.3 is 0 Å². The van der Waals surface area contributed by atoms with E-state index in [1.807, 2.05) is 29.6 Å². The highest BCUT2D eigenvalue weighted by Crippen LogP contribution is 2.27. The zero-order valence-corrected chi connectivity index (χ0v) is 13.3. The van der Waals surface area contributed by atoms with Gasteiger partial charge in [-0.05, 0) is 6.07 Å². The third kappa shape index (κ3) is 2.23. The van der Waals surface area contributed by atoms with Gasteiger partial charge in [-0.2, -0.15) is 0 Å². The van der Waals surface area contributed by atoms with Crippen LogP contribution in [0.4, 0.5) is 0 Å². The van der Waals surface area contributed by atoms with E-state index in [1.54, 1.807) is 30.0 Å². The lowest BCUT2D eigenvalue weighted by molar-refractivity contribution is 0.597. The molecule has 5 rings (SSSR count). The van der Waals surface area contributed by atoms with Crippen molar-refractivity contribution in [2.24, 2.45) is 0 Å². The molecule has 2 aromatic carbocycles. The van der Waals surface area contributed by atoms with Crippen molar-refractivity contribution in [3.05, 3.63) is 48.3 Å². The predicted molar refractivity (Wildman–Crippen MR) is 93.7 cm³/mol. The monoisotopic (exact) mass is 343 g/mol. The molecule has 0 radical (unpaired) electrons. The first kappa shape index (κ1) is 14.0. The van der Waals surface area contributed by atoms with Crippen LogP contribution in [0.2, 0.25) is 0 Å². The Hall–Kier alpha value is -2.57. The standard InChI is InChI=1S/C16H9N3O2S.ClH/c1-3-20-13-6-10-14(5-9(13)17-1)21-15-7-12-16(8-11(15)19-10)22-4-2-18-12;/h1-8,17H;1H. The zero-order valence-electron chi connectivity index (χ0n) is 11.6. The number of halogens is 1. The third-order valence-corrected chi connectivity index (χ3v) is 4.37. The van der Waals surface area contributed by atoms with Gasteiger partial charge in [-0.1, -0.05) is 0 Å². The number of hydrogen-bond donors (Lipinski definition) is 1. The van der Waals surface area contributed by atoms with E-state index in [1.165, 1.54) is 0 Å². The van der Waals surface area contributed by atoms with Gasteiger partial charge in [0.2, 0.25) is 0 Å². The molecule has 5 aromatic rings. The smallest absolute Gasteiger partial charge is 0.155 e. The number of rotatable bonds is 0. The third-order valence-electron chi connectivity index (χ3n) is 3.53. The number of H-pyrrole nitrogens is 1. The minimum Gasteiger partial charge on any atom is -0.461 e. The topological polar surface area (TPSA) is 67.8 Å². The molecule has 0 amide bonds. The predicted octanol–water partition coefficient (Wildman–Crippen LogP) is 5.21. The molecule has 114 valence electrons. The Balaban J connectivity index is 0.00000135. The van der Waals surface area contributed by atoms with Crippen LogP contribution in [0.15, 0.2) is 57.1 Å². The van der Waals surface area contributed by atoms with Crippen molar-refractivity contribution in [1.29, 1.82) is 0 Å². The van der Waals surface area contributed by atoms with E-state index < -0.39 is 0 Å². The van der Waals surface area contributed by atoms with Crippen molar-refractivity contribution >= 4 is 67.3 Å². The van der Waals surface area contributed by atoms with Crippen molar-refractivity contribution < 1.29 is 8.83 Å². The van der Waals surface area contributed by atoms with E-state index in [9.17, 15) is 0 Å². The van der Waals surface area contributed by atoms with Gasteiger partial charge in [0.1, 0.15) is 17.3 Å². The minimum absolute atomic E-state index is 0. The molecule has 0 saturated carbocycles. The molecule has 7 heteroatoms. The number of nitrogens with zero attached hydrogens (tertiary/aromatic N) is 2. The average molecular weight is 344 g/mol. The number of hydrogen-bond acceptors (Lipinski definition) is 5. The fraction of sp³-hybridized carbons (Fsp3) is 0. The lowest BCUT2D eigenvalue weighted by atomic mass is 10.2. The molecule has 0 aliphatic rings. The van der Waals surface area contributed by atoms with Crippen molar-refractivity contribution in [2.75, 3.05) is 0 Å². The molecule has 0 fully saturated rings. The fourth-order valence-electron chi connectivity index (χ4n) is 2.53.